The Bertz CT molecular complexity index is 648. The van der Waals surface area contributed by atoms with Gasteiger partial charge in [0.15, 0.2) is 11.5 Å². The number of rotatable bonds is 6. The molecule has 2 aromatic rings. The summed E-state index contributed by atoms with van der Waals surface area (Å²) in [6, 6.07) is 5.87. The number of amides is 1. The molecule has 1 atom stereocenters. The minimum absolute atomic E-state index is 0.194. The van der Waals surface area contributed by atoms with Gasteiger partial charge in [0.05, 0.1) is 18.1 Å². The van der Waals surface area contributed by atoms with Crippen molar-refractivity contribution < 1.29 is 14.1 Å². The molecule has 1 unspecified atom stereocenters. The van der Waals surface area contributed by atoms with E-state index in [9.17, 15) is 4.79 Å². The monoisotopic (exact) mass is 349 g/mol. The van der Waals surface area contributed by atoms with Crippen LogP contribution >= 0.6 is 11.3 Å². The molecule has 0 radical (unpaired) electrons. The zero-order valence-corrected chi connectivity index (χ0v) is 14.8. The molecule has 1 amide bonds. The van der Waals surface area contributed by atoms with Gasteiger partial charge in [-0.15, -0.1) is 11.3 Å². The van der Waals surface area contributed by atoms with E-state index in [1.165, 1.54) is 0 Å². The highest BCUT2D eigenvalue weighted by molar-refractivity contribution is 7.13. The third-order valence-electron chi connectivity index (χ3n) is 4.26. The van der Waals surface area contributed by atoms with Crippen molar-refractivity contribution in [3.8, 4) is 10.6 Å². The van der Waals surface area contributed by atoms with Crippen LogP contribution in [0.3, 0.4) is 0 Å². The normalized spacial score (nSPS) is 17.1. The number of carbonyl (C=O) groups is 1. The van der Waals surface area contributed by atoms with Crippen molar-refractivity contribution in [1.82, 2.24) is 15.4 Å². The van der Waals surface area contributed by atoms with Crippen LogP contribution < -0.4 is 5.32 Å². The van der Waals surface area contributed by atoms with Gasteiger partial charge in [0.2, 0.25) is 0 Å². The fourth-order valence-corrected chi connectivity index (χ4v) is 3.57. The Morgan fingerprint density at radius 1 is 1.42 bits per heavy atom. The third-order valence-corrected chi connectivity index (χ3v) is 5.15. The predicted molar refractivity (Wildman–Crippen MR) is 93.2 cm³/mol. The van der Waals surface area contributed by atoms with Crippen molar-refractivity contribution in [1.29, 1.82) is 0 Å². The summed E-state index contributed by atoms with van der Waals surface area (Å²) in [4.78, 5) is 15.7. The molecule has 0 saturated carbocycles. The molecule has 3 heterocycles. The van der Waals surface area contributed by atoms with E-state index in [-0.39, 0.29) is 5.91 Å². The van der Waals surface area contributed by atoms with Crippen LogP contribution in [0, 0.1) is 5.92 Å². The smallest absolute Gasteiger partial charge is 0.273 e. The molecule has 1 aliphatic heterocycles. The van der Waals surface area contributed by atoms with Crippen LogP contribution in [-0.4, -0.2) is 54.9 Å². The summed E-state index contributed by atoms with van der Waals surface area (Å²) in [5, 5.41) is 8.85. The summed E-state index contributed by atoms with van der Waals surface area (Å²) < 4.78 is 10.7. The van der Waals surface area contributed by atoms with E-state index >= 15 is 0 Å². The maximum Gasteiger partial charge on any atom is 0.273 e. The number of ether oxygens (including phenoxy) is 1. The second-order valence-electron chi connectivity index (χ2n) is 6.22. The van der Waals surface area contributed by atoms with Gasteiger partial charge in [-0.1, -0.05) is 25.1 Å². The van der Waals surface area contributed by atoms with Crippen LogP contribution in [0.25, 0.3) is 10.6 Å². The van der Waals surface area contributed by atoms with Gasteiger partial charge in [0.1, 0.15) is 0 Å². The average molecular weight is 349 g/mol. The van der Waals surface area contributed by atoms with Crippen molar-refractivity contribution in [2.75, 3.05) is 32.8 Å². The van der Waals surface area contributed by atoms with Crippen molar-refractivity contribution in [3.63, 3.8) is 0 Å². The molecule has 0 aliphatic carbocycles. The lowest BCUT2D eigenvalue weighted by atomic mass is 10.0. The summed E-state index contributed by atoms with van der Waals surface area (Å²) in [6.07, 6.45) is 0. The first kappa shape index (κ1) is 17.1. The third kappa shape index (κ3) is 4.03. The number of nitrogens with zero attached hydrogens (tertiary/aromatic N) is 2. The van der Waals surface area contributed by atoms with Crippen LogP contribution in [0.4, 0.5) is 0 Å². The molecule has 0 aromatic carbocycles. The molecule has 24 heavy (non-hydrogen) atoms. The van der Waals surface area contributed by atoms with Crippen LogP contribution in [-0.2, 0) is 4.74 Å². The van der Waals surface area contributed by atoms with Gasteiger partial charge in [0.25, 0.3) is 5.91 Å². The molecule has 1 N–H and O–H groups in total. The maximum atomic E-state index is 12.4. The second kappa shape index (κ2) is 7.92. The Balaban J connectivity index is 1.59. The number of carbonyl (C=O) groups excluding carboxylic acids is 1. The van der Waals surface area contributed by atoms with E-state index in [1.54, 1.807) is 17.4 Å². The van der Waals surface area contributed by atoms with Crippen molar-refractivity contribution >= 4 is 17.2 Å². The SMILES string of the molecule is CC(C)C(CNC(=O)c1cc(-c2cccs2)on1)N1CCOCC1. The van der Waals surface area contributed by atoms with Gasteiger partial charge in [0, 0.05) is 31.7 Å². The predicted octanol–water partition coefficient (Wildman–Crippen LogP) is 2.49. The number of morpholine rings is 1. The molecule has 6 nitrogen and oxygen atoms in total. The average Bonchev–Trinajstić information content (AvgIpc) is 3.27. The van der Waals surface area contributed by atoms with Crippen LogP contribution in [0.2, 0.25) is 0 Å². The molecular weight excluding hydrogens is 326 g/mol. The molecule has 1 aliphatic rings. The molecule has 3 rings (SSSR count). The van der Waals surface area contributed by atoms with E-state index in [0.717, 1.165) is 31.2 Å². The fourth-order valence-electron chi connectivity index (χ4n) is 2.90. The van der Waals surface area contributed by atoms with Gasteiger partial charge in [-0.05, 0) is 17.4 Å². The van der Waals surface area contributed by atoms with E-state index in [2.05, 4.69) is 29.2 Å². The molecule has 7 heteroatoms. The molecule has 0 bridgehead atoms. The highest BCUT2D eigenvalue weighted by atomic mass is 32.1. The van der Waals surface area contributed by atoms with Gasteiger partial charge in [-0.3, -0.25) is 9.69 Å². The molecule has 1 saturated heterocycles. The van der Waals surface area contributed by atoms with E-state index in [1.807, 2.05) is 17.5 Å². The first-order chi connectivity index (χ1) is 11.6. The topological polar surface area (TPSA) is 67.6 Å². The highest BCUT2D eigenvalue weighted by Gasteiger charge is 2.25. The van der Waals surface area contributed by atoms with E-state index in [0.29, 0.717) is 30.0 Å². The van der Waals surface area contributed by atoms with Crippen LogP contribution in [0.1, 0.15) is 24.3 Å². The number of aromatic nitrogens is 1. The summed E-state index contributed by atoms with van der Waals surface area (Å²) in [6.45, 7) is 8.28. The molecule has 130 valence electrons. The second-order valence-corrected chi connectivity index (χ2v) is 7.17. The Morgan fingerprint density at radius 2 is 2.21 bits per heavy atom. The fraction of sp³-hybridized carbons (Fsp3) is 0.529. The summed E-state index contributed by atoms with van der Waals surface area (Å²) >= 11 is 1.56. The first-order valence-electron chi connectivity index (χ1n) is 8.25. The van der Waals surface area contributed by atoms with Crippen molar-refractivity contribution in [3.05, 3.63) is 29.3 Å². The Morgan fingerprint density at radius 3 is 2.88 bits per heavy atom. The van der Waals surface area contributed by atoms with Crippen molar-refractivity contribution in [2.24, 2.45) is 5.92 Å². The lowest BCUT2D eigenvalue weighted by Crippen LogP contribution is -2.51. The van der Waals surface area contributed by atoms with Gasteiger partial charge in [-0.2, -0.15) is 0 Å². The minimum atomic E-state index is -0.194. The van der Waals surface area contributed by atoms with Crippen molar-refractivity contribution in [2.45, 2.75) is 19.9 Å². The number of hydrogen-bond donors (Lipinski definition) is 1. The summed E-state index contributed by atoms with van der Waals surface area (Å²) in [5.41, 5.74) is 0.322. The van der Waals surface area contributed by atoms with Gasteiger partial charge in [-0.25, -0.2) is 0 Å². The zero-order valence-electron chi connectivity index (χ0n) is 14.0. The van der Waals surface area contributed by atoms with Crippen LogP contribution in [0.15, 0.2) is 28.1 Å². The van der Waals surface area contributed by atoms with E-state index < -0.39 is 0 Å². The molecular formula is C17H23N3O3S. The van der Waals surface area contributed by atoms with Crippen LogP contribution in [0.5, 0.6) is 0 Å². The molecule has 2 aromatic heterocycles. The Hall–Kier alpha value is -1.70. The molecule has 1 fully saturated rings. The lowest BCUT2D eigenvalue weighted by molar-refractivity contribution is 0.00671. The number of thiophene rings is 1. The Kier molecular flexibility index (Phi) is 5.65. The first-order valence-corrected chi connectivity index (χ1v) is 9.13. The van der Waals surface area contributed by atoms with Gasteiger partial charge < -0.3 is 14.6 Å². The summed E-state index contributed by atoms with van der Waals surface area (Å²) in [7, 11) is 0. The minimum Gasteiger partial charge on any atom is -0.379 e. The lowest BCUT2D eigenvalue weighted by Gasteiger charge is -2.36. The Labute approximate surface area is 145 Å². The number of nitrogens with one attached hydrogen (secondary N) is 1. The largest absolute Gasteiger partial charge is 0.379 e. The highest BCUT2D eigenvalue weighted by Crippen LogP contribution is 2.25. The van der Waals surface area contributed by atoms with E-state index in [4.69, 9.17) is 9.26 Å². The zero-order chi connectivity index (χ0) is 16.9. The standard InChI is InChI=1S/C17H23N3O3S/c1-12(2)14(20-5-7-22-8-6-20)11-18-17(21)13-10-15(23-19-13)16-4-3-9-24-16/h3-4,9-10,12,14H,5-8,11H2,1-2H3,(H,18,21). The number of hydrogen-bond acceptors (Lipinski definition) is 6. The maximum absolute atomic E-state index is 12.4. The summed E-state index contributed by atoms with van der Waals surface area (Å²) in [5.74, 6) is 0.881. The quantitative estimate of drug-likeness (QED) is 0.868. The van der Waals surface area contributed by atoms with Gasteiger partial charge >= 0.3 is 0 Å². The molecule has 0 spiro atoms.